The van der Waals surface area contributed by atoms with Crippen molar-refractivity contribution in [1.29, 1.82) is 0 Å². The SMILES string of the molecule is Cc1nc(NC2CCN(C)C(C)C2)cc2n[nH]c(=O)n12. The van der Waals surface area contributed by atoms with Gasteiger partial charge >= 0.3 is 5.69 Å². The molecule has 1 fully saturated rings. The molecule has 2 aromatic rings. The standard InChI is InChI=1S/C13H20N6O/c1-8-6-10(4-5-18(8)3)15-11-7-12-16-17-13(20)19(12)9(2)14-11/h7-8,10,15H,4-6H2,1-3H3,(H,17,20). The Morgan fingerprint density at radius 3 is 3.05 bits per heavy atom. The zero-order valence-electron chi connectivity index (χ0n) is 12.1. The Bertz CT molecular complexity index is 675. The van der Waals surface area contributed by atoms with Gasteiger partial charge in [0, 0.05) is 24.7 Å². The van der Waals surface area contributed by atoms with Gasteiger partial charge < -0.3 is 10.2 Å². The zero-order chi connectivity index (χ0) is 14.3. The summed E-state index contributed by atoms with van der Waals surface area (Å²) in [6, 6.07) is 2.80. The van der Waals surface area contributed by atoms with Crippen LogP contribution in [0.1, 0.15) is 25.6 Å². The fraction of sp³-hybridized carbons (Fsp3) is 0.615. The average Bonchev–Trinajstić information content (AvgIpc) is 2.76. The van der Waals surface area contributed by atoms with Crippen LogP contribution < -0.4 is 11.0 Å². The van der Waals surface area contributed by atoms with E-state index < -0.39 is 0 Å². The van der Waals surface area contributed by atoms with Crippen LogP contribution in [0.3, 0.4) is 0 Å². The molecule has 2 N–H and O–H groups in total. The van der Waals surface area contributed by atoms with Gasteiger partial charge in [0.15, 0.2) is 5.65 Å². The third-order valence-corrected chi connectivity index (χ3v) is 4.13. The Morgan fingerprint density at radius 2 is 2.30 bits per heavy atom. The Hall–Kier alpha value is -1.89. The largest absolute Gasteiger partial charge is 0.367 e. The molecule has 7 nitrogen and oxygen atoms in total. The Morgan fingerprint density at radius 1 is 1.50 bits per heavy atom. The zero-order valence-corrected chi connectivity index (χ0v) is 12.1. The van der Waals surface area contributed by atoms with Gasteiger partial charge in [-0.2, -0.15) is 5.10 Å². The second-order valence-corrected chi connectivity index (χ2v) is 5.61. The molecule has 0 spiro atoms. The second-order valence-electron chi connectivity index (χ2n) is 5.61. The van der Waals surface area contributed by atoms with Crippen LogP contribution in [0.5, 0.6) is 0 Å². The number of nitrogens with one attached hydrogen (secondary N) is 2. The van der Waals surface area contributed by atoms with Crippen molar-refractivity contribution >= 4 is 11.5 Å². The van der Waals surface area contributed by atoms with Gasteiger partial charge in [-0.05, 0) is 33.7 Å². The van der Waals surface area contributed by atoms with Crippen LogP contribution in [-0.4, -0.2) is 50.2 Å². The summed E-state index contributed by atoms with van der Waals surface area (Å²) in [6.45, 7) is 5.14. The van der Waals surface area contributed by atoms with Gasteiger partial charge in [-0.15, -0.1) is 0 Å². The van der Waals surface area contributed by atoms with Crippen LogP contribution in [0.2, 0.25) is 0 Å². The summed E-state index contributed by atoms with van der Waals surface area (Å²) < 4.78 is 1.47. The Kier molecular flexibility index (Phi) is 3.21. The number of rotatable bonds is 2. The fourth-order valence-electron chi connectivity index (χ4n) is 2.80. The minimum Gasteiger partial charge on any atom is -0.367 e. The summed E-state index contributed by atoms with van der Waals surface area (Å²) in [4.78, 5) is 18.4. The third kappa shape index (κ3) is 2.29. The summed E-state index contributed by atoms with van der Waals surface area (Å²) in [5.74, 6) is 1.43. The molecule has 3 rings (SSSR count). The summed E-state index contributed by atoms with van der Waals surface area (Å²) in [5, 5.41) is 9.91. The molecule has 7 heteroatoms. The summed E-state index contributed by atoms with van der Waals surface area (Å²) in [7, 11) is 2.16. The second kappa shape index (κ2) is 4.90. The average molecular weight is 276 g/mol. The monoisotopic (exact) mass is 276 g/mol. The maximum absolute atomic E-state index is 11.6. The summed E-state index contributed by atoms with van der Waals surface area (Å²) >= 11 is 0. The smallest absolute Gasteiger partial charge is 0.349 e. The predicted molar refractivity (Wildman–Crippen MR) is 77.1 cm³/mol. The molecule has 3 heterocycles. The summed E-state index contributed by atoms with van der Waals surface area (Å²) in [5.41, 5.74) is 0.357. The van der Waals surface area contributed by atoms with Gasteiger partial charge in [0.2, 0.25) is 0 Å². The van der Waals surface area contributed by atoms with Gasteiger partial charge in [-0.3, -0.25) is 0 Å². The first-order valence-electron chi connectivity index (χ1n) is 6.96. The van der Waals surface area contributed by atoms with Crippen LogP contribution in [0.25, 0.3) is 5.65 Å². The minimum absolute atomic E-state index is 0.246. The topological polar surface area (TPSA) is 78.3 Å². The molecular formula is C13H20N6O. The van der Waals surface area contributed by atoms with E-state index in [9.17, 15) is 4.79 Å². The van der Waals surface area contributed by atoms with E-state index >= 15 is 0 Å². The molecule has 108 valence electrons. The maximum Gasteiger partial charge on any atom is 0.349 e. The number of hydrogen-bond acceptors (Lipinski definition) is 5. The third-order valence-electron chi connectivity index (χ3n) is 4.13. The van der Waals surface area contributed by atoms with Crippen molar-refractivity contribution in [3.8, 4) is 0 Å². The van der Waals surface area contributed by atoms with E-state index in [4.69, 9.17) is 0 Å². The quantitative estimate of drug-likeness (QED) is 0.840. The molecule has 2 atom stereocenters. The molecule has 2 aromatic heterocycles. The molecule has 0 bridgehead atoms. The Labute approximate surface area is 117 Å². The summed E-state index contributed by atoms with van der Waals surface area (Å²) in [6.07, 6.45) is 2.19. The molecule has 0 aliphatic carbocycles. The van der Waals surface area contributed by atoms with Crippen LogP contribution in [0.15, 0.2) is 10.9 Å². The molecule has 2 unspecified atom stereocenters. The molecule has 0 amide bonds. The maximum atomic E-state index is 11.6. The van der Waals surface area contributed by atoms with E-state index in [1.54, 1.807) is 0 Å². The molecule has 1 aliphatic rings. The van der Waals surface area contributed by atoms with E-state index in [-0.39, 0.29) is 5.69 Å². The number of nitrogens with zero attached hydrogens (tertiary/aromatic N) is 4. The van der Waals surface area contributed by atoms with Gasteiger partial charge in [-0.1, -0.05) is 0 Å². The highest BCUT2D eigenvalue weighted by Gasteiger charge is 2.23. The van der Waals surface area contributed by atoms with E-state index in [0.29, 0.717) is 23.6 Å². The van der Waals surface area contributed by atoms with Crippen LogP contribution >= 0.6 is 0 Å². The number of aromatic amines is 1. The highest BCUT2D eigenvalue weighted by molar-refractivity contribution is 5.50. The lowest BCUT2D eigenvalue weighted by molar-refractivity contribution is 0.190. The molecular weight excluding hydrogens is 256 g/mol. The molecule has 0 radical (unpaired) electrons. The van der Waals surface area contributed by atoms with Crippen LogP contribution in [-0.2, 0) is 0 Å². The van der Waals surface area contributed by atoms with E-state index in [1.807, 2.05) is 13.0 Å². The highest BCUT2D eigenvalue weighted by atomic mass is 16.1. The van der Waals surface area contributed by atoms with Gasteiger partial charge in [-0.25, -0.2) is 19.3 Å². The van der Waals surface area contributed by atoms with Crippen molar-refractivity contribution in [3.63, 3.8) is 0 Å². The van der Waals surface area contributed by atoms with Crippen molar-refractivity contribution in [2.45, 2.75) is 38.8 Å². The number of hydrogen-bond donors (Lipinski definition) is 2. The number of likely N-dealkylation sites (tertiary alicyclic amines) is 1. The number of aromatic nitrogens is 4. The van der Waals surface area contributed by atoms with Crippen LogP contribution in [0, 0.1) is 6.92 Å². The van der Waals surface area contributed by atoms with E-state index in [2.05, 4.69) is 39.4 Å². The van der Waals surface area contributed by atoms with Crippen molar-refractivity contribution in [1.82, 2.24) is 24.5 Å². The normalized spacial score (nSPS) is 24.1. The predicted octanol–water partition coefficient (Wildman–Crippen LogP) is 0.621. The highest BCUT2D eigenvalue weighted by Crippen LogP contribution is 2.19. The van der Waals surface area contributed by atoms with Crippen molar-refractivity contribution < 1.29 is 0 Å². The fourth-order valence-corrected chi connectivity index (χ4v) is 2.80. The molecule has 0 saturated carbocycles. The van der Waals surface area contributed by atoms with Gasteiger partial charge in [0.05, 0.1) is 0 Å². The van der Waals surface area contributed by atoms with E-state index in [0.717, 1.165) is 25.2 Å². The lowest BCUT2D eigenvalue weighted by atomic mass is 9.99. The van der Waals surface area contributed by atoms with Gasteiger partial charge in [0.25, 0.3) is 0 Å². The van der Waals surface area contributed by atoms with Crippen molar-refractivity contribution in [2.24, 2.45) is 0 Å². The number of aryl methyl sites for hydroxylation is 1. The van der Waals surface area contributed by atoms with Crippen molar-refractivity contribution in [2.75, 3.05) is 18.9 Å². The van der Waals surface area contributed by atoms with Crippen LogP contribution in [0.4, 0.5) is 5.82 Å². The first-order valence-corrected chi connectivity index (χ1v) is 6.96. The first-order chi connectivity index (χ1) is 9.54. The number of piperidine rings is 1. The molecule has 1 aliphatic heterocycles. The molecule has 20 heavy (non-hydrogen) atoms. The number of fused-ring (bicyclic) bond motifs is 1. The molecule has 1 saturated heterocycles. The lowest BCUT2D eigenvalue weighted by Gasteiger charge is -2.35. The number of H-pyrrole nitrogens is 1. The Balaban J connectivity index is 1.83. The van der Waals surface area contributed by atoms with Gasteiger partial charge in [0.1, 0.15) is 11.6 Å². The minimum atomic E-state index is -0.246. The number of anilines is 1. The van der Waals surface area contributed by atoms with Crippen molar-refractivity contribution in [3.05, 3.63) is 22.4 Å². The van der Waals surface area contributed by atoms with E-state index in [1.165, 1.54) is 4.40 Å². The first kappa shape index (κ1) is 13.1. The lowest BCUT2D eigenvalue weighted by Crippen LogP contribution is -2.42. The molecule has 0 aromatic carbocycles.